The normalized spacial score (nSPS) is 21.9. The first-order valence-corrected chi connectivity index (χ1v) is 7.07. The molecule has 1 saturated heterocycles. The molecule has 2 rings (SSSR count). The fourth-order valence-corrected chi connectivity index (χ4v) is 3.83. The third kappa shape index (κ3) is 2.22. The van der Waals surface area contributed by atoms with Crippen LogP contribution in [0.5, 0.6) is 0 Å². The van der Waals surface area contributed by atoms with Crippen molar-refractivity contribution >= 4 is 10.0 Å². The molecule has 1 aromatic carbocycles. The van der Waals surface area contributed by atoms with Crippen LogP contribution in [0.25, 0.3) is 0 Å². The number of nitrogens with zero attached hydrogens (tertiary/aromatic N) is 1. The Kier molecular flexibility index (Phi) is 3.25. The minimum Gasteiger partial charge on any atom is -0.361 e. The molecule has 0 bridgehead atoms. The predicted molar refractivity (Wildman–Crippen MR) is 65.2 cm³/mol. The highest BCUT2D eigenvalue weighted by molar-refractivity contribution is 7.89. The van der Waals surface area contributed by atoms with Crippen molar-refractivity contribution in [1.29, 1.82) is 0 Å². The molecule has 1 aliphatic heterocycles. The zero-order valence-corrected chi connectivity index (χ0v) is 11.1. The van der Waals surface area contributed by atoms with Gasteiger partial charge in [-0.3, -0.25) is 0 Å². The summed E-state index contributed by atoms with van der Waals surface area (Å²) in [7, 11) is -3.43. The van der Waals surface area contributed by atoms with E-state index in [0.29, 0.717) is 18.0 Å². The molecule has 0 aromatic heterocycles. The smallest absolute Gasteiger partial charge is 0.245 e. The Morgan fingerprint density at radius 2 is 2.06 bits per heavy atom. The van der Waals surface area contributed by atoms with E-state index >= 15 is 0 Å². The van der Waals surface area contributed by atoms with E-state index < -0.39 is 10.0 Å². The molecule has 1 fully saturated rings. The van der Waals surface area contributed by atoms with Crippen LogP contribution in [0.4, 0.5) is 0 Å². The summed E-state index contributed by atoms with van der Waals surface area (Å²) in [6, 6.07) is 5.47. The monoisotopic (exact) mass is 255 g/mol. The lowest BCUT2D eigenvalue weighted by atomic mass is 10.2. The van der Waals surface area contributed by atoms with E-state index in [0.717, 1.165) is 11.1 Å². The van der Waals surface area contributed by atoms with Gasteiger partial charge < -0.3 is 4.74 Å². The summed E-state index contributed by atoms with van der Waals surface area (Å²) in [5.41, 5.74) is 1.72. The van der Waals surface area contributed by atoms with Crippen molar-refractivity contribution in [1.82, 2.24) is 4.31 Å². The topological polar surface area (TPSA) is 46.6 Å². The van der Waals surface area contributed by atoms with Crippen molar-refractivity contribution in [3.63, 3.8) is 0 Å². The molecule has 0 saturated carbocycles. The Labute approximate surface area is 102 Å². The van der Waals surface area contributed by atoms with E-state index in [9.17, 15) is 8.42 Å². The van der Waals surface area contributed by atoms with Gasteiger partial charge in [0.05, 0.1) is 11.5 Å². The van der Waals surface area contributed by atoms with Crippen LogP contribution in [-0.4, -0.2) is 32.1 Å². The van der Waals surface area contributed by atoms with Crippen molar-refractivity contribution in [3.05, 3.63) is 29.3 Å². The molecule has 0 spiro atoms. The fourth-order valence-electron chi connectivity index (χ4n) is 2.01. The first-order valence-electron chi connectivity index (χ1n) is 5.63. The summed E-state index contributed by atoms with van der Waals surface area (Å²) in [6.45, 7) is 6.36. The third-order valence-electron chi connectivity index (χ3n) is 3.01. The minimum atomic E-state index is -3.43. The van der Waals surface area contributed by atoms with Gasteiger partial charge in [0.15, 0.2) is 0 Å². The van der Waals surface area contributed by atoms with Crippen molar-refractivity contribution in [3.8, 4) is 0 Å². The van der Waals surface area contributed by atoms with Crippen LogP contribution in [-0.2, 0) is 14.8 Å². The molecular formula is C12H17NO3S. The van der Waals surface area contributed by atoms with Crippen LogP contribution < -0.4 is 0 Å². The Hall–Kier alpha value is -0.910. The van der Waals surface area contributed by atoms with Gasteiger partial charge in [0.25, 0.3) is 0 Å². The third-order valence-corrected chi connectivity index (χ3v) is 5.10. The van der Waals surface area contributed by atoms with Crippen molar-refractivity contribution in [2.75, 3.05) is 13.2 Å². The number of rotatable bonds is 2. The lowest BCUT2D eigenvalue weighted by molar-refractivity contribution is 0.0846. The van der Waals surface area contributed by atoms with Crippen LogP contribution >= 0.6 is 0 Å². The number of benzene rings is 1. The summed E-state index contributed by atoms with van der Waals surface area (Å²) in [4.78, 5) is 0.384. The summed E-state index contributed by atoms with van der Waals surface area (Å²) in [5.74, 6) is 0. The van der Waals surface area contributed by atoms with Crippen LogP contribution in [0.15, 0.2) is 23.1 Å². The average molecular weight is 255 g/mol. The van der Waals surface area contributed by atoms with Gasteiger partial charge in [0.1, 0.15) is 6.23 Å². The highest BCUT2D eigenvalue weighted by Gasteiger charge is 2.34. The molecule has 0 N–H and O–H groups in total. The van der Waals surface area contributed by atoms with Gasteiger partial charge in [0, 0.05) is 6.54 Å². The van der Waals surface area contributed by atoms with Gasteiger partial charge in [-0.15, -0.1) is 0 Å². The second-order valence-electron chi connectivity index (χ2n) is 4.35. The van der Waals surface area contributed by atoms with Gasteiger partial charge in [-0.2, -0.15) is 4.31 Å². The number of aryl methyl sites for hydroxylation is 2. The standard InChI is InChI=1S/C12H17NO3S/c1-9-4-5-10(2)12(8-9)17(14,15)13-6-7-16-11(13)3/h4-5,8,11H,6-7H2,1-3H3. The molecule has 17 heavy (non-hydrogen) atoms. The van der Waals surface area contributed by atoms with Crippen LogP contribution in [0.1, 0.15) is 18.1 Å². The van der Waals surface area contributed by atoms with E-state index in [-0.39, 0.29) is 6.23 Å². The molecule has 1 aromatic rings. The molecule has 0 radical (unpaired) electrons. The first-order chi connectivity index (χ1) is 7.93. The van der Waals surface area contributed by atoms with Crippen molar-refractivity contribution in [2.24, 2.45) is 0 Å². The fraction of sp³-hybridized carbons (Fsp3) is 0.500. The average Bonchev–Trinajstić information content (AvgIpc) is 2.68. The summed E-state index contributed by atoms with van der Waals surface area (Å²) >= 11 is 0. The van der Waals surface area contributed by atoms with E-state index in [1.54, 1.807) is 13.0 Å². The maximum Gasteiger partial charge on any atom is 0.245 e. The van der Waals surface area contributed by atoms with E-state index in [4.69, 9.17) is 4.74 Å². The maximum absolute atomic E-state index is 12.5. The number of ether oxygens (including phenoxy) is 1. The molecule has 4 nitrogen and oxygen atoms in total. The summed E-state index contributed by atoms with van der Waals surface area (Å²) in [6.07, 6.45) is -0.375. The quantitative estimate of drug-likeness (QED) is 0.807. The Morgan fingerprint density at radius 1 is 1.35 bits per heavy atom. The molecule has 1 unspecified atom stereocenters. The molecule has 1 atom stereocenters. The van der Waals surface area contributed by atoms with Gasteiger partial charge >= 0.3 is 0 Å². The molecule has 0 amide bonds. The number of hydrogen-bond acceptors (Lipinski definition) is 3. The second-order valence-corrected chi connectivity index (χ2v) is 6.21. The largest absolute Gasteiger partial charge is 0.361 e. The van der Waals surface area contributed by atoms with Gasteiger partial charge in [-0.05, 0) is 38.0 Å². The summed E-state index contributed by atoms with van der Waals surface area (Å²) in [5, 5.41) is 0. The molecule has 1 heterocycles. The zero-order valence-electron chi connectivity index (χ0n) is 10.3. The molecule has 94 valence electrons. The Bertz CT molecular complexity index is 525. The van der Waals surface area contributed by atoms with Crippen LogP contribution in [0.3, 0.4) is 0 Å². The minimum absolute atomic E-state index is 0.375. The van der Waals surface area contributed by atoms with Crippen LogP contribution in [0.2, 0.25) is 0 Å². The van der Waals surface area contributed by atoms with Crippen molar-refractivity contribution < 1.29 is 13.2 Å². The SMILES string of the molecule is Cc1ccc(C)c(S(=O)(=O)N2CCOC2C)c1. The van der Waals surface area contributed by atoms with Crippen LogP contribution in [0, 0.1) is 13.8 Å². The number of hydrogen-bond donors (Lipinski definition) is 0. The first kappa shape index (κ1) is 12.5. The van der Waals surface area contributed by atoms with Gasteiger partial charge in [-0.1, -0.05) is 12.1 Å². The maximum atomic E-state index is 12.5. The Balaban J connectivity index is 2.48. The predicted octanol–water partition coefficient (Wildman–Crippen LogP) is 1.67. The van der Waals surface area contributed by atoms with Crippen molar-refractivity contribution in [2.45, 2.75) is 31.9 Å². The molecule has 1 aliphatic rings. The molecule has 5 heteroatoms. The zero-order chi connectivity index (χ0) is 12.6. The Morgan fingerprint density at radius 3 is 2.65 bits per heavy atom. The molecular weight excluding hydrogens is 238 g/mol. The van der Waals surface area contributed by atoms with Gasteiger partial charge in [-0.25, -0.2) is 8.42 Å². The summed E-state index contributed by atoms with van der Waals surface area (Å²) < 4.78 is 31.6. The lowest BCUT2D eigenvalue weighted by Crippen LogP contribution is -2.34. The van der Waals surface area contributed by atoms with E-state index in [1.165, 1.54) is 4.31 Å². The lowest BCUT2D eigenvalue weighted by Gasteiger charge is -2.20. The second kappa shape index (κ2) is 4.40. The highest BCUT2D eigenvalue weighted by atomic mass is 32.2. The molecule has 0 aliphatic carbocycles. The highest BCUT2D eigenvalue weighted by Crippen LogP contribution is 2.25. The van der Waals surface area contributed by atoms with E-state index in [1.807, 2.05) is 26.0 Å². The number of sulfonamides is 1. The van der Waals surface area contributed by atoms with E-state index in [2.05, 4.69) is 0 Å². The van der Waals surface area contributed by atoms with Gasteiger partial charge in [0.2, 0.25) is 10.0 Å².